The molecule has 0 radical (unpaired) electrons. The van der Waals surface area contributed by atoms with Gasteiger partial charge in [-0.3, -0.25) is 0 Å². The van der Waals surface area contributed by atoms with Gasteiger partial charge in [-0.15, -0.1) is 0 Å². The first-order chi connectivity index (χ1) is 12.3. The monoisotopic (exact) mass is 364 g/mol. The van der Waals surface area contributed by atoms with Crippen molar-refractivity contribution < 1.29 is 15.0 Å². The van der Waals surface area contributed by atoms with Crippen molar-refractivity contribution in [1.82, 2.24) is 0 Å². The number of unbranched alkanes of at least 4 members (excludes halogenated alkanes) is 4. The van der Waals surface area contributed by atoms with Gasteiger partial charge in [-0.1, -0.05) is 90.5 Å². The second-order valence-corrected chi connectivity index (χ2v) is 8.04. The second-order valence-electron chi connectivity index (χ2n) is 8.04. The van der Waals surface area contributed by atoms with Crippen LogP contribution in [0, 0.1) is 11.8 Å². The average Bonchev–Trinajstić information content (AvgIpc) is 2.54. The molecule has 150 valence electrons. The Balaban J connectivity index is 0.00000141. The van der Waals surface area contributed by atoms with E-state index in [0.29, 0.717) is 0 Å². The number of hydrogen-bond donors (Lipinski definition) is 2. The zero-order valence-corrected chi connectivity index (χ0v) is 17.3. The molecule has 0 fully saturated rings. The molecule has 0 aliphatic heterocycles. The van der Waals surface area contributed by atoms with Crippen molar-refractivity contribution in [2.45, 2.75) is 91.9 Å². The molecule has 0 saturated heterocycles. The van der Waals surface area contributed by atoms with E-state index in [2.05, 4.69) is 52.0 Å². The highest BCUT2D eigenvalue weighted by atomic mass is 16.6. The molecule has 26 heavy (non-hydrogen) atoms. The van der Waals surface area contributed by atoms with Crippen LogP contribution in [0.15, 0.2) is 24.3 Å². The van der Waals surface area contributed by atoms with Gasteiger partial charge in [0.15, 0.2) is 0 Å². The van der Waals surface area contributed by atoms with Gasteiger partial charge >= 0.3 is 6.16 Å². The molecule has 0 unspecified atom stereocenters. The van der Waals surface area contributed by atoms with E-state index in [1.807, 2.05) is 0 Å². The summed E-state index contributed by atoms with van der Waals surface area (Å²) in [5.74, 6) is 1.72. The molecule has 0 bridgehead atoms. The Morgan fingerprint density at radius 2 is 1.08 bits per heavy atom. The lowest BCUT2D eigenvalue weighted by molar-refractivity contribution is 0.137. The minimum absolute atomic E-state index is 0.859. The van der Waals surface area contributed by atoms with Crippen LogP contribution in [0.3, 0.4) is 0 Å². The molecule has 0 aliphatic rings. The van der Waals surface area contributed by atoms with E-state index < -0.39 is 6.16 Å². The topological polar surface area (TPSA) is 57.5 Å². The Morgan fingerprint density at radius 1 is 0.731 bits per heavy atom. The van der Waals surface area contributed by atoms with Crippen molar-refractivity contribution in [3.63, 3.8) is 0 Å². The summed E-state index contributed by atoms with van der Waals surface area (Å²) in [6.45, 7) is 9.31. The summed E-state index contributed by atoms with van der Waals surface area (Å²) in [4.78, 5) is 8.56. The molecule has 0 atom stereocenters. The lowest BCUT2D eigenvalue weighted by Gasteiger charge is -2.10. The smallest absolute Gasteiger partial charge is 0.450 e. The standard InChI is InChI=1S/C22H38.CH2O3/c1-19(2)13-7-5-9-15-21-17-11-12-18-22(21)16-10-6-8-14-20(3)4;2-1(3)4/h11-12,17-20H,5-10,13-16H2,1-4H3;(H2,2,3,4). The second kappa shape index (κ2) is 15.7. The van der Waals surface area contributed by atoms with Gasteiger partial charge in [0.1, 0.15) is 0 Å². The molecule has 0 aliphatic carbocycles. The molecule has 0 heterocycles. The van der Waals surface area contributed by atoms with Gasteiger partial charge < -0.3 is 10.2 Å². The third-order valence-corrected chi connectivity index (χ3v) is 4.57. The summed E-state index contributed by atoms with van der Waals surface area (Å²) < 4.78 is 0. The summed E-state index contributed by atoms with van der Waals surface area (Å²) in [5.41, 5.74) is 3.21. The minimum atomic E-state index is -1.83. The Morgan fingerprint density at radius 3 is 1.38 bits per heavy atom. The molecule has 2 N–H and O–H groups in total. The third-order valence-electron chi connectivity index (χ3n) is 4.57. The molecule has 1 rings (SSSR count). The maximum absolute atomic E-state index is 8.56. The lowest BCUT2D eigenvalue weighted by atomic mass is 9.95. The first-order valence-corrected chi connectivity index (χ1v) is 10.3. The van der Waals surface area contributed by atoms with E-state index in [1.54, 1.807) is 11.1 Å². The van der Waals surface area contributed by atoms with Gasteiger partial charge in [0.25, 0.3) is 0 Å². The fourth-order valence-corrected chi connectivity index (χ4v) is 3.13. The number of rotatable bonds is 12. The quantitative estimate of drug-likeness (QED) is 0.379. The highest BCUT2D eigenvalue weighted by Crippen LogP contribution is 2.18. The SMILES string of the molecule is CC(C)CCCCCc1ccccc1CCCCCC(C)C.O=C(O)O. The minimum Gasteiger partial charge on any atom is -0.450 e. The number of carbonyl (C=O) groups is 1. The van der Waals surface area contributed by atoms with Gasteiger partial charge in [-0.05, 0) is 48.6 Å². The summed E-state index contributed by atoms with van der Waals surface area (Å²) in [6.07, 6.45) is 11.8. The van der Waals surface area contributed by atoms with E-state index >= 15 is 0 Å². The Bertz CT molecular complexity index is 425. The highest BCUT2D eigenvalue weighted by molar-refractivity contribution is 5.53. The number of aryl methyl sites for hydroxylation is 2. The van der Waals surface area contributed by atoms with E-state index in [4.69, 9.17) is 15.0 Å². The van der Waals surface area contributed by atoms with E-state index in [9.17, 15) is 0 Å². The Labute approximate surface area is 160 Å². The number of benzene rings is 1. The first kappa shape index (κ1) is 24.5. The van der Waals surface area contributed by atoms with E-state index in [0.717, 1.165) is 11.8 Å². The summed E-state index contributed by atoms with van der Waals surface area (Å²) in [7, 11) is 0. The first-order valence-electron chi connectivity index (χ1n) is 10.3. The van der Waals surface area contributed by atoms with Crippen LogP contribution in [0.5, 0.6) is 0 Å². The van der Waals surface area contributed by atoms with Gasteiger partial charge in [0.05, 0.1) is 0 Å². The van der Waals surface area contributed by atoms with E-state index in [1.165, 1.54) is 64.2 Å². The molecule has 3 heteroatoms. The van der Waals surface area contributed by atoms with Crippen molar-refractivity contribution in [3.8, 4) is 0 Å². The van der Waals surface area contributed by atoms with Crippen LogP contribution in [0.4, 0.5) is 4.79 Å². The molecular formula is C23H40O3. The highest BCUT2D eigenvalue weighted by Gasteiger charge is 2.03. The summed E-state index contributed by atoms with van der Waals surface area (Å²) in [5, 5.41) is 13.9. The van der Waals surface area contributed by atoms with Gasteiger partial charge in [-0.2, -0.15) is 0 Å². The Hall–Kier alpha value is -1.51. The normalized spacial score (nSPS) is 10.7. The predicted molar refractivity (Wildman–Crippen MR) is 111 cm³/mol. The summed E-state index contributed by atoms with van der Waals surface area (Å²) >= 11 is 0. The van der Waals surface area contributed by atoms with Crippen molar-refractivity contribution in [2.24, 2.45) is 11.8 Å². The van der Waals surface area contributed by atoms with Crippen LogP contribution in [-0.2, 0) is 12.8 Å². The van der Waals surface area contributed by atoms with Gasteiger partial charge in [0.2, 0.25) is 0 Å². The molecule has 0 spiro atoms. The molecule has 1 aromatic carbocycles. The Kier molecular flexibility index (Phi) is 14.8. The molecule has 3 nitrogen and oxygen atoms in total. The number of carboxylic acid groups (broad SMARTS) is 2. The zero-order chi connectivity index (χ0) is 19.8. The third kappa shape index (κ3) is 16.0. The molecule has 1 aromatic rings. The van der Waals surface area contributed by atoms with Crippen molar-refractivity contribution in [2.75, 3.05) is 0 Å². The molecule has 0 aromatic heterocycles. The fourth-order valence-electron chi connectivity index (χ4n) is 3.13. The van der Waals surface area contributed by atoms with Gasteiger partial charge in [-0.25, -0.2) is 4.79 Å². The van der Waals surface area contributed by atoms with Crippen LogP contribution in [0.25, 0.3) is 0 Å². The maximum atomic E-state index is 8.56. The van der Waals surface area contributed by atoms with Crippen molar-refractivity contribution in [3.05, 3.63) is 35.4 Å². The van der Waals surface area contributed by atoms with Crippen LogP contribution >= 0.6 is 0 Å². The van der Waals surface area contributed by atoms with Crippen LogP contribution in [0.1, 0.15) is 90.2 Å². The van der Waals surface area contributed by atoms with E-state index in [-0.39, 0.29) is 0 Å². The predicted octanol–water partition coefficient (Wildman–Crippen LogP) is 7.43. The average molecular weight is 365 g/mol. The summed E-state index contributed by atoms with van der Waals surface area (Å²) in [6, 6.07) is 9.13. The van der Waals surface area contributed by atoms with Crippen LogP contribution < -0.4 is 0 Å². The fraction of sp³-hybridized carbons (Fsp3) is 0.696. The van der Waals surface area contributed by atoms with Crippen molar-refractivity contribution >= 4 is 6.16 Å². The van der Waals surface area contributed by atoms with Gasteiger partial charge in [0, 0.05) is 0 Å². The lowest BCUT2D eigenvalue weighted by Crippen LogP contribution is -1.96. The molecule has 0 amide bonds. The van der Waals surface area contributed by atoms with Crippen molar-refractivity contribution in [1.29, 1.82) is 0 Å². The zero-order valence-electron chi connectivity index (χ0n) is 17.3. The largest absolute Gasteiger partial charge is 0.503 e. The van der Waals surface area contributed by atoms with Crippen LogP contribution in [0.2, 0.25) is 0 Å². The molecular weight excluding hydrogens is 324 g/mol. The maximum Gasteiger partial charge on any atom is 0.503 e. The number of hydrogen-bond acceptors (Lipinski definition) is 1. The van der Waals surface area contributed by atoms with Crippen LogP contribution in [-0.4, -0.2) is 16.4 Å². The molecule has 0 saturated carbocycles.